The molecular weight excluding hydrogens is 242 g/mol. The van der Waals surface area contributed by atoms with Gasteiger partial charge in [-0.25, -0.2) is 4.98 Å². The van der Waals surface area contributed by atoms with Gasteiger partial charge in [-0.3, -0.25) is 4.40 Å². The van der Waals surface area contributed by atoms with E-state index in [1.165, 1.54) is 42.8 Å². The zero-order valence-electron chi connectivity index (χ0n) is 11.2. The molecule has 3 nitrogen and oxygen atoms in total. The summed E-state index contributed by atoms with van der Waals surface area (Å²) in [5, 5.41) is 5.76. The van der Waals surface area contributed by atoms with Crippen LogP contribution in [0.3, 0.4) is 0 Å². The van der Waals surface area contributed by atoms with Gasteiger partial charge in [-0.05, 0) is 32.7 Å². The average molecular weight is 263 g/mol. The number of hydrogen-bond acceptors (Lipinski definition) is 3. The van der Waals surface area contributed by atoms with E-state index >= 15 is 0 Å². The predicted molar refractivity (Wildman–Crippen MR) is 76.2 cm³/mol. The first-order valence-electron chi connectivity index (χ1n) is 6.88. The SMILES string of the molecule is Cc1nc2scc(C)n2c1CNCCC1CCC1. The van der Waals surface area contributed by atoms with Crippen LogP contribution in [-0.4, -0.2) is 15.9 Å². The molecule has 0 radical (unpaired) electrons. The molecule has 2 aromatic heterocycles. The maximum atomic E-state index is 4.62. The molecule has 18 heavy (non-hydrogen) atoms. The Hall–Kier alpha value is -0.870. The Balaban J connectivity index is 1.62. The van der Waals surface area contributed by atoms with E-state index in [0.29, 0.717) is 0 Å². The lowest BCUT2D eigenvalue weighted by molar-refractivity contribution is 0.292. The molecule has 0 saturated heterocycles. The van der Waals surface area contributed by atoms with Crippen molar-refractivity contribution in [1.82, 2.24) is 14.7 Å². The molecule has 1 fully saturated rings. The normalized spacial score (nSPS) is 16.3. The molecule has 1 aliphatic rings. The van der Waals surface area contributed by atoms with Gasteiger partial charge >= 0.3 is 0 Å². The van der Waals surface area contributed by atoms with Gasteiger partial charge in [-0.15, -0.1) is 11.3 Å². The Labute approximate surface area is 112 Å². The zero-order valence-corrected chi connectivity index (χ0v) is 12.0. The molecule has 0 amide bonds. The minimum absolute atomic E-state index is 0.942. The summed E-state index contributed by atoms with van der Waals surface area (Å²) in [7, 11) is 0. The number of hydrogen-bond donors (Lipinski definition) is 1. The van der Waals surface area contributed by atoms with Crippen molar-refractivity contribution in [3.63, 3.8) is 0 Å². The Bertz CT molecular complexity index is 536. The molecule has 0 unspecified atom stereocenters. The van der Waals surface area contributed by atoms with Gasteiger partial charge in [-0.2, -0.15) is 0 Å². The summed E-state index contributed by atoms with van der Waals surface area (Å²) in [6.45, 7) is 6.35. The minimum atomic E-state index is 0.942. The number of nitrogens with one attached hydrogen (secondary N) is 1. The third kappa shape index (κ3) is 2.19. The second kappa shape index (κ2) is 5.02. The maximum absolute atomic E-state index is 4.62. The molecule has 2 heterocycles. The fourth-order valence-corrected chi connectivity index (χ4v) is 3.60. The molecule has 0 aliphatic heterocycles. The maximum Gasteiger partial charge on any atom is 0.194 e. The Morgan fingerprint density at radius 2 is 2.28 bits per heavy atom. The summed E-state index contributed by atoms with van der Waals surface area (Å²) in [4.78, 5) is 5.74. The van der Waals surface area contributed by atoms with Crippen molar-refractivity contribution in [2.24, 2.45) is 5.92 Å². The lowest BCUT2D eigenvalue weighted by atomic mass is 9.83. The molecule has 0 aromatic carbocycles. The molecule has 0 spiro atoms. The first kappa shape index (κ1) is 12.2. The number of fused-ring (bicyclic) bond motifs is 1. The molecule has 4 heteroatoms. The van der Waals surface area contributed by atoms with E-state index in [0.717, 1.165) is 24.0 Å². The summed E-state index contributed by atoms with van der Waals surface area (Å²) in [5.41, 5.74) is 3.80. The summed E-state index contributed by atoms with van der Waals surface area (Å²) in [6.07, 6.45) is 5.67. The highest BCUT2D eigenvalue weighted by atomic mass is 32.1. The lowest BCUT2D eigenvalue weighted by Crippen LogP contribution is -2.22. The number of aromatic nitrogens is 2. The third-order valence-electron chi connectivity index (χ3n) is 4.08. The second-order valence-corrected chi connectivity index (χ2v) is 6.24. The molecule has 0 atom stereocenters. The van der Waals surface area contributed by atoms with E-state index in [1.807, 2.05) is 0 Å². The van der Waals surface area contributed by atoms with Gasteiger partial charge in [0.25, 0.3) is 0 Å². The van der Waals surface area contributed by atoms with Gasteiger partial charge in [0.05, 0.1) is 11.4 Å². The summed E-state index contributed by atoms with van der Waals surface area (Å²) in [6, 6.07) is 0. The quantitative estimate of drug-likeness (QED) is 0.839. The minimum Gasteiger partial charge on any atom is -0.311 e. The van der Waals surface area contributed by atoms with Crippen LogP contribution in [0, 0.1) is 19.8 Å². The first-order chi connectivity index (χ1) is 8.75. The van der Waals surface area contributed by atoms with Gasteiger partial charge < -0.3 is 5.32 Å². The Kier molecular flexibility index (Phi) is 3.39. The van der Waals surface area contributed by atoms with Crippen LogP contribution in [0.15, 0.2) is 5.38 Å². The van der Waals surface area contributed by atoms with Crippen LogP contribution in [0.5, 0.6) is 0 Å². The van der Waals surface area contributed by atoms with Gasteiger partial charge in [0.15, 0.2) is 4.96 Å². The van der Waals surface area contributed by atoms with Gasteiger partial charge in [0.1, 0.15) is 0 Å². The van der Waals surface area contributed by atoms with Crippen LogP contribution in [0.4, 0.5) is 0 Å². The van der Waals surface area contributed by atoms with Crippen LogP contribution >= 0.6 is 11.3 Å². The largest absolute Gasteiger partial charge is 0.311 e. The number of thiazole rings is 1. The Morgan fingerprint density at radius 3 is 3.00 bits per heavy atom. The molecular formula is C14H21N3S. The van der Waals surface area contributed by atoms with E-state index in [4.69, 9.17) is 0 Å². The van der Waals surface area contributed by atoms with Crippen LogP contribution in [-0.2, 0) is 6.54 Å². The third-order valence-corrected chi connectivity index (χ3v) is 5.02. The zero-order chi connectivity index (χ0) is 12.5. The van der Waals surface area contributed by atoms with Crippen molar-refractivity contribution >= 4 is 16.3 Å². The van der Waals surface area contributed by atoms with Crippen molar-refractivity contribution in [2.75, 3.05) is 6.54 Å². The molecule has 1 N–H and O–H groups in total. The molecule has 1 saturated carbocycles. The summed E-state index contributed by atoms with van der Waals surface area (Å²) >= 11 is 1.73. The molecule has 98 valence electrons. The summed E-state index contributed by atoms with van der Waals surface area (Å²) < 4.78 is 2.29. The van der Waals surface area contributed by atoms with Crippen molar-refractivity contribution < 1.29 is 0 Å². The fourth-order valence-electron chi connectivity index (χ4n) is 2.67. The van der Waals surface area contributed by atoms with Crippen molar-refractivity contribution in [1.29, 1.82) is 0 Å². The van der Waals surface area contributed by atoms with Gasteiger partial charge in [0, 0.05) is 17.6 Å². The van der Waals surface area contributed by atoms with E-state index < -0.39 is 0 Å². The highest BCUT2D eigenvalue weighted by Crippen LogP contribution is 2.28. The molecule has 1 aliphatic carbocycles. The molecule has 0 bridgehead atoms. The van der Waals surface area contributed by atoms with Gasteiger partial charge in [-0.1, -0.05) is 19.3 Å². The standard InChI is InChI=1S/C14H21N3S/c1-10-9-18-14-16-11(2)13(17(10)14)8-15-7-6-12-4-3-5-12/h9,12,15H,3-8H2,1-2H3. The first-order valence-corrected chi connectivity index (χ1v) is 7.76. The van der Waals surface area contributed by atoms with Crippen molar-refractivity contribution in [3.8, 4) is 0 Å². The van der Waals surface area contributed by atoms with Crippen LogP contribution < -0.4 is 5.32 Å². The fraction of sp³-hybridized carbons (Fsp3) is 0.643. The van der Waals surface area contributed by atoms with E-state index in [9.17, 15) is 0 Å². The number of nitrogens with zero attached hydrogens (tertiary/aromatic N) is 2. The van der Waals surface area contributed by atoms with Crippen molar-refractivity contribution in [2.45, 2.75) is 46.1 Å². The van der Waals surface area contributed by atoms with E-state index in [-0.39, 0.29) is 0 Å². The monoisotopic (exact) mass is 263 g/mol. The highest BCUT2D eigenvalue weighted by Gasteiger charge is 2.16. The molecule has 2 aromatic rings. The highest BCUT2D eigenvalue weighted by molar-refractivity contribution is 7.15. The second-order valence-electron chi connectivity index (χ2n) is 5.40. The Morgan fingerprint density at radius 1 is 1.44 bits per heavy atom. The topological polar surface area (TPSA) is 29.3 Å². The number of imidazole rings is 1. The number of rotatable bonds is 5. The van der Waals surface area contributed by atoms with Crippen LogP contribution in [0.2, 0.25) is 0 Å². The number of aryl methyl sites for hydroxylation is 2. The van der Waals surface area contributed by atoms with Gasteiger partial charge in [0.2, 0.25) is 0 Å². The van der Waals surface area contributed by atoms with E-state index in [2.05, 4.69) is 33.9 Å². The van der Waals surface area contributed by atoms with Crippen LogP contribution in [0.1, 0.15) is 42.8 Å². The average Bonchev–Trinajstić information content (AvgIpc) is 2.77. The predicted octanol–water partition coefficient (Wildman–Crippen LogP) is 3.29. The van der Waals surface area contributed by atoms with E-state index in [1.54, 1.807) is 11.3 Å². The molecule has 3 rings (SSSR count). The van der Waals surface area contributed by atoms with Crippen LogP contribution in [0.25, 0.3) is 4.96 Å². The van der Waals surface area contributed by atoms with Crippen molar-refractivity contribution in [3.05, 3.63) is 22.5 Å². The summed E-state index contributed by atoms with van der Waals surface area (Å²) in [5.74, 6) is 0.993. The lowest BCUT2D eigenvalue weighted by Gasteiger charge is -2.25. The smallest absolute Gasteiger partial charge is 0.194 e.